The third-order valence-electron chi connectivity index (χ3n) is 2.43. The van der Waals surface area contributed by atoms with Crippen LogP contribution in [0.5, 0.6) is 0 Å². The lowest BCUT2D eigenvalue weighted by molar-refractivity contribution is 0.103. The van der Waals surface area contributed by atoms with Crippen LogP contribution in [0.1, 0.15) is 21.7 Å². The number of carbonyl (C=O) groups excluding carboxylic acids is 1. The van der Waals surface area contributed by atoms with Gasteiger partial charge in [0.15, 0.2) is 0 Å². The van der Waals surface area contributed by atoms with Gasteiger partial charge in [-0.15, -0.1) is 0 Å². The smallest absolute Gasteiger partial charge is 0.212 e. The molecule has 0 spiro atoms. The second-order valence-corrected chi connectivity index (χ2v) is 4.51. The SMILES string of the molecule is Cc1cc(C(=O)c2cccc(Cl)c2Cl)n(C)n1. The van der Waals surface area contributed by atoms with Gasteiger partial charge < -0.3 is 0 Å². The Morgan fingerprint density at radius 1 is 1.35 bits per heavy atom. The van der Waals surface area contributed by atoms with Crippen LogP contribution in [0.15, 0.2) is 24.3 Å². The highest BCUT2D eigenvalue weighted by Crippen LogP contribution is 2.27. The monoisotopic (exact) mass is 268 g/mol. The van der Waals surface area contributed by atoms with Gasteiger partial charge in [-0.1, -0.05) is 29.3 Å². The van der Waals surface area contributed by atoms with Gasteiger partial charge in [-0.2, -0.15) is 5.10 Å². The number of ketones is 1. The van der Waals surface area contributed by atoms with E-state index in [1.54, 1.807) is 31.3 Å². The molecule has 0 saturated carbocycles. The molecule has 0 aliphatic heterocycles. The van der Waals surface area contributed by atoms with E-state index < -0.39 is 0 Å². The Morgan fingerprint density at radius 2 is 2.06 bits per heavy atom. The Labute approximate surface area is 109 Å². The van der Waals surface area contributed by atoms with Crippen LogP contribution in [0.3, 0.4) is 0 Å². The fraction of sp³-hybridized carbons (Fsp3) is 0.167. The topological polar surface area (TPSA) is 34.9 Å². The normalized spacial score (nSPS) is 10.6. The second kappa shape index (κ2) is 4.51. The predicted molar refractivity (Wildman–Crippen MR) is 67.8 cm³/mol. The fourth-order valence-electron chi connectivity index (χ4n) is 1.64. The highest BCUT2D eigenvalue weighted by Gasteiger charge is 2.18. The zero-order chi connectivity index (χ0) is 12.6. The van der Waals surface area contributed by atoms with Crippen LogP contribution >= 0.6 is 23.2 Å². The van der Waals surface area contributed by atoms with Gasteiger partial charge in [0.25, 0.3) is 0 Å². The van der Waals surface area contributed by atoms with E-state index in [1.165, 1.54) is 4.68 Å². The van der Waals surface area contributed by atoms with E-state index in [0.717, 1.165) is 5.69 Å². The standard InChI is InChI=1S/C12H10Cl2N2O/c1-7-6-10(16(2)15-7)12(17)8-4-3-5-9(13)11(8)14/h3-6H,1-2H3. The summed E-state index contributed by atoms with van der Waals surface area (Å²) in [5, 5.41) is 4.78. The van der Waals surface area contributed by atoms with E-state index in [0.29, 0.717) is 16.3 Å². The first kappa shape index (κ1) is 12.1. The molecule has 2 aromatic rings. The molecule has 5 heteroatoms. The summed E-state index contributed by atoms with van der Waals surface area (Å²) in [5.74, 6) is -0.180. The first-order chi connectivity index (χ1) is 8.00. The Bertz CT molecular complexity index is 590. The largest absolute Gasteiger partial charge is 0.287 e. The van der Waals surface area contributed by atoms with Gasteiger partial charge in [0.05, 0.1) is 15.7 Å². The number of rotatable bonds is 2. The van der Waals surface area contributed by atoms with Crippen molar-refractivity contribution in [3.63, 3.8) is 0 Å². The number of nitrogens with zero attached hydrogens (tertiary/aromatic N) is 2. The Morgan fingerprint density at radius 3 is 2.65 bits per heavy atom. The van der Waals surface area contributed by atoms with Gasteiger partial charge in [-0.3, -0.25) is 9.48 Å². The van der Waals surface area contributed by atoms with Crippen molar-refractivity contribution in [2.75, 3.05) is 0 Å². The molecule has 0 fully saturated rings. The summed E-state index contributed by atoms with van der Waals surface area (Å²) < 4.78 is 1.54. The maximum absolute atomic E-state index is 12.2. The lowest BCUT2D eigenvalue weighted by Gasteiger charge is -2.04. The summed E-state index contributed by atoms with van der Waals surface area (Å²) in [6, 6.07) is 6.72. The zero-order valence-electron chi connectivity index (χ0n) is 9.37. The van der Waals surface area contributed by atoms with E-state index in [1.807, 2.05) is 6.92 Å². The van der Waals surface area contributed by atoms with Crippen molar-refractivity contribution in [1.29, 1.82) is 0 Å². The van der Waals surface area contributed by atoms with Crippen molar-refractivity contribution in [3.05, 3.63) is 51.3 Å². The summed E-state index contributed by atoms with van der Waals surface area (Å²) in [6.45, 7) is 1.83. The van der Waals surface area contributed by atoms with Crippen LogP contribution in [0, 0.1) is 6.92 Å². The average molecular weight is 269 g/mol. The maximum Gasteiger partial charge on any atom is 0.212 e. The van der Waals surface area contributed by atoms with E-state index in [9.17, 15) is 4.79 Å². The number of aryl methyl sites for hydroxylation is 2. The number of halogens is 2. The van der Waals surface area contributed by atoms with Gasteiger partial charge in [-0.05, 0) is 25.1 Å². The summed E-state index contributed by atoms with van der Waals surface area (Å²) in [7, 11) is 1.72. The Kier molecular flexibility index (Phi) is 3.22. The summed E-state index contributed by atoms with van der Waals surface area (Å²) in [4.78, 5) is 12.2. The second-order valence-electron chi connectivity index (χ2n) is 3.73. The summed E-state index contributed by atoms with van der Waals surface area (Å²) >= 11 is 11.9. The summed E-state index contributed by atoms with van der Waals surface area (Å²) in [6.07, 6.45) is 0. The molecule has 1 heterocycles. The molecule has 3 nitrogen and oxygen atoms in total. The van der Waals surface area contributed by atoms with Crippen molar-refractivity contribution in [2.24, 2.45) is 7.05 Å². The van der Waals surface area contributed by atoms with Gasteiger partial charge in [0.2, 0.25) is 5.78 Å². The van der Waals surface area contributed by atoms with E-state index in [-0.39, 0.29) is 10.8 Å². The molecule has 0 amide bonds. The predicted octanol–water partition coefficient (Wildman–Crippen LogP) is 3.27. The molecule has 0 aliphatic carbocycles. The first-order valence-electron chi connectivity index (χ1n) is 5.00. The van der Waals surface area contributed by atoms with Gasteiger partial charge in [-0.25, -0.2) is 0 Å². The Hall–Kier alpha value is -1.32. The van der Waals surface area contributed by atoms with Gasteiger partial charge in [0.1, 0.15) is 5.69 Å². The van der Waals surface area contributed by atoms with E-state index in [4.69, 9.17) is 23.2 Å². The van der Waals surface area contributed by atoms with Crippen LogP contribution in [-0.4, -0.2) is 15.6 Å². The lowest BCUT2D eigenvalue weighted by atomic mass is 10.1. The number of hydrogen-bond acceptors (Lipinski definition) is 2. The molecular formula is C12H10Cl2N2O. The quantitative estimate of drug-likeness (QED) is 0.784. The third kappa shape index (κ3) is 2.21. The molecule has 0 unspecified atom stereocenters. The average Bonchev–Trinajstić information content (AvgIpc) is 2.61. The molecule has 0 saturated heterocycles. The Balaban J connectivity index is 2.51. The van der Waals surface area contributed by atoms with Crippen LogP contribution in [-0.2, 0) is 7.05 Å². The van der Waals surface area contributed by atoms with E-state index in [2.05, 4.69) is 5.10 Å². The molecule has 2 rings (SSSR count). The van der Waals surface area contributed by atoms with Gasteiger partial charge in [0, 0.05) is 12.6 Å². The minimum atomic E-state index is -0.180. The minimum absolute atomic E-state index is 0.180. The molecule has 0 bridgehead atoms. The van der Waals surface area contributed by atoms with Gasteiger partial charge >= 0.3 is 0 Å². The highest BCUT2D eigenvalue weighted by molar-refractivity contribution is 6.44. The van der Waals surface area contributed by atoms with Crippen LogP contribution < -0.4 is 0 Å². The van der Waals surface area contributed by atoms with E-state index >= 15 is 0 Å². The number of carbonyl (C=O) groups is 1. The minimum Gasteiger partial charge on any atom is -0.287 e. The molecular weight excluding hydrogens is 259 g/mol. The van der Waals surface area contributed by atoms with Crippen molar-refractivity contribution in [2.45, 2.75) is 6.92 Å². The molecule has 0 radical (unpaired) electrons. The van der Waals surface area contributed by atoms with Crippen molar-refractivity contribution < 1.29 is 4.79 Å². The number of hydrogen-bond donors (Lipinski definition) is 0. The molecule has 17 heavy (non-hydrogen) atoms. The highest BCUT2D eigenvalue weighted by atomic mass is 35.5. The summed E-state index contributed by atoms with van der Waals surface area (Å²) in [5.41, 5.74) is 1.67. The van der Waals surface area contributed by atoms with Crippen molar-refractivity contribution in [3.8, 4) is 0 Å². The molecule has 88 valence electrons. The maximum atomic E-state index is 12.2. The first-order valence-corrected chi connectivity index (χ1v) is 5.75. The molecule has 0 N–H and O–H groups in total. The molecule has 1 aromatic heterocycles. The number of aromatic nitrogens is 2. The molecule has 0 aliphatic rings. The van der Waals surface area contributed by atoms with Crippen LogP contribution in [0.4, 0.5) is 0 Å². The molecule has 0 atom stereocenters. The fourth-order valence-corrected chi connectivity index (χ4v) is 2.03. The lowest BCUT2D eigenvalue weighted by Crippen LogP contribution is -2.08. The van der Waals surface area contributed by atoms with Crippen LogP contribution in [0.2, 0.25) is 10.0 Å². The van der Waals surface area contributed by atoms with Crippen LogP contribution in [0.25, 0.3) is 0 Å². The number of benzene rings is 1. The molecule has 1 aromatic carbocycles. The van der Waals surface area contributed by atoms with Crippen molar-refractivity contribution in [1.82, 2.24) is 9.78 Å². The zero-order valence-corrected chi connectivity index (χ0v) is 10.9. The van der Waals surface area contributed by atoms with Crippen molar-refractivity contribution >= 4 is 29.0 Å². The third-order valence-corrected chi connectivity index (χ3v) is 3.25.